The van der Waals surface area contributed by atoms with Crippen LogP contribution in [0.3, 0.4) is 0 Å². The Morgan fingerprint density at radius 2 is 1.86 bits per heavy atom. The lowest BCUT2D eigenvalue weighted by atomic mass is 9.91. The fourth-order valence-corrected chi connectivity index (χ4v) is 3.60. The second-order valence-corrected chi connectivity index (χ2v) is 6.45. The first-order valence-electron chi connectivity index (χ1n) is 6.21. The van der Waals surface area contributed by atoms with Gasteiger partial charge in [0.2, 0.25) is 0 Å². The minimum absolute atomic E-state index is 0.416. The summed E-state index contributed by atoms with van der Waals surface area (Å²) >= 11 is 6.94. The molecule has 1 unspecified atom stereocenters. The highest BCUT2D eigenvalue weighted by Crippen LogP contribution is 2.42. The summed E-state index contributed by atoms with van der Waals surface area (Å²) in [5.74, 6) is 0.735. The van der Waals surface area contributed by atoms with Gasteiger partial charge in [-0.15, -0.1) is 0 Å². The molecule has 0 N–H and O–H groups in total. The first kappa shape index (κ1) is 14.4. The van der Waals surface area contributed by atoms with Gasteiger partial charge in [-0.1, -0.05) is 45.7 Å². The van der Waals surface area contributed by atoms with E-state index in [1.807, 2.05) is 30.3 Å². The number of halogens is 2. The highest BCUT2D eigenvalue weighted by atomic mass is 79.9. The van der Waals surface area contributed by atoms with Gasteiger partial charge in [-0.3, -0.25) is 0 Å². The van der Waals surface area contributed by atoms with Crippen LogP contribution in [0.4, 0.5) is 0 Å². The molecule has 0 saturated heterocycles. The fraction of sp³-hybridized carbons (Fsp3) is 0.0625. The number of ether oxygens (including phenoxy) is 1. The predicted octanol–water partition coefficient (Wildman–Crippen LogP) is 4.05. The lowest BCUT2D eigenvalue weighted by Gasteiger charge is -2.25. The Kier molecular flexibility index (Phi) is 3.92. The van der Waals surface area contributed by atoms with Crippen LogP contribution in [-0.4, -0.2) is 7.85 Å². The molecule has 0 fully saturated rings. The van der Waals surface area contributed by atoms with E-state index < -0.39 is 6.10 Å². The summed E-state index contributed by atoms with van der Waals surface area (Å²) in [7, 11) is 5.71. The third-order valence-electron chi connectivity index (χ3n) is 3.23. The van der Waals surface area contributed by atoms with Crippen molar-refractivity contribution in [3.05, 3.63) is 62.0 Å². The normalized spacial score (nSPS) is 16.4. The molecule has 0 aliphatic carbocycles. The predicted molar refractivity (Wildman–Crippen MR) is 90.6 cm³/mol. The number of hydrogen-bond donors (Lipinski definition) is 0. The lowest BCUT2D eigenvalue weighted by Crippen LogP contribution is -2.15. The topological polar surface area (TPSA) is 33.0 Å². The first-order chi connectivity index (χ1) is 10.1. The van der Waals surface area contributed by atoms with Crippen LogP contribution in [-0.2, 0) is 0 Å². The minimum atomic E-state index is -0.416. The summed E-state index contributed by atoms with van der Waals surface area (Å²) in [5.41, 5.74) is 3.02. The van der Waals surface area contributed by atoms with E-state index in [-0.39, 0.29) is 0 Å². The number of fused-ring (bicyclic) bond motifs is 1. The van der Waals surface area contributed by atoms with E-state index >= 15 is 0 Å². The molecule has 21 heavy (non-hydrogen) atoms. The maximum Gasteiger partial charge on any atom is 0.159 e. The van der Waals surface area contributed by atoms with Gasteiger partial charge in [0.15, 0.2) is 6.10 Å². The highest BCUT2D eigenvalue weighted by Gasteiger charge is 2.26. The Morgan fingerprint density at radius 3 is 2.52 bits per heavy atom. The van der Waals surface area contributed by atoms with Crippen LogP contribution in [0.25, 0.3) is 6.08 Å². The van der Waals surface area contributed by atoms with Gasteiger partial charge in [-0.05, 0) is 39.7 Å². The van der Waals surface area contributed by atoms with Crippen molar-refractivity contribution in [2.24, 2.45) is 0 Å². The maximum absolute atomic E-state index is 9.40. The zero-order valence-electron chi connectivity index (χ0n) is 10.8. The number of rotatable bonds is 1. The largest absolute Gasteiger partial charge is 0.478 e. The minimum Gasteiger partial charge on any atom is -0.478 e. The molecule has 0 amide bonds. The van der Waals surface area contributed by atoms with Crippen LogP contribution in [0.1, 0.15) is 17.2 Å². The summed E-state index contributed by atoms with van der Waals surface area (Å²) in [6.07, 6.45) is 1.44. The van der Waals surface area contributed by atoms with Crippen LogP contribution < -0.4 is 10.2 Å². The molecule has 2 aromatic rings. The molecule has 2 aromatic carbocycles. The third kappa shape index (κ3) is 2.79. The van der Waals surface area contributed by atoms with Crippen LogP contribution in [0.15, 0.2) is 50.9 Å². The van der Waals surface area contributed by atoms with Gasteiger partial charge in [0.25, 0.3) is 0 Å². The quantitative estimate of drug-likeness (QED) is 0.677. The number of hydrogen-bond acceptors (Lipinski definition) is 2. The zero-order chi connectivity index (χ0) is 15.0. The van der Waals surface area contributed by atoms with Crippen molar-refractivity contribution < 1.29 is 4.74 Å². The van der Waals surface area contributed by atoms with E-state index in [0.717, 1.165) is 25.8 Å². The molecular weight excluding hydrogens is 393 g/mol. The van der Waals surface area contributed by atoms with Gasteiger partial charge >= 0.3 is 0 Å². The first-order valence-corrected chi connectivity index (χ1v) is 7.80. The van der Waals surface area contributed by atoms with Gasteiger partial charge in [0.05, 0.1) is 16.1 Å². The molecule has 1 heterocycles. The number of nitriles is 1. The molecule has 1 aliphatic heterocycles. The van der Waals surface area contributed by atoms with E-state index in [2.05, 4.69) is 37.9 Å². The van der Waals surface area contributed by atoms with Gasteiger partial charge in [-0.25, -0.2) is 0 Å². The van der Waals surface area contributed by atoms with Gasteiger partial charge in [-0.2, -0.15) is 5.26 Å². The molecule has 1 atom stereocenters. The number of benzene rings is 2. The summed E-state index contributed by atoms with van der Waals surface area (Å²) < 4.78 is 7.82. The third-order valence-corrected chi connectivity index (χ3v) is 4.28. The molecule has 5 heteroatoms. The Labute approximate surface area is 141 Å². The second kappa shape index (κ2) is 5.71. The van der Waals surface area contributed by atoms with Crippen LogP contribution in [0.5, 0.6) is 5.75 Å². The molecule has 0 saturated carbocycles. The van der Waals surface area contributed by atoms with Crippen molar-refractivity contribution >= 4 is 51.2 Å². The van der Waals surface area contributed by atoms with Gasteiger partial charge in [0.1, 0.15) is 13.6 Å². The van der Waals surface area contributed by atoms with Crippen molar-refractivity contribution in [2.45, 2.75) is 6.10 Å². The average Bonchev–Trinajstić information content (AvgIpc) is 2.47. The molecule has 1 aliphatic rings. The van der Waals surface area contributed by atoms with E-state index in [1.165, 1.54) is 0 Å². The van der Waals surface area contributed by atoms with E-state index in [0.29, 0.717) is 11.0 Å². The Balaban J connectivity index is 2.10. The molecule has 0 bridgehead atoms. The van der Waals surface area contributed by atoms with Crippen LogP contribution in [0.2, 0.25) is 0 Å². The molecule has 0 aromatic heterocycles. The molecule has 3 rings (SSSR count). The zero-order valence-corrected chi connectivity index (χ0v) is 14.0. The molecular formula is C16H8BBr2NO. The van der Waals surface area contributed by atoms with Gasteiger partial charge in [0, 0.05) is 10.0 Å². The maximum atomic E-state index is 9.40. The van der Waals surface area contributed by atoms with Crippen molar-refractivity contribution in [3.63, 3.8) is 0 Å². The van der Waals surface area contributed by atoms with Crippen molar-refractivity contribution in [1.82, 2.24) is 0 Å². The van der Waals surface area contributed by atoms with Crippen LogP contribution >= 0.6 is 31.9 Å². The average molecular weight is 401 g/mol. The van der Waals surface area contributed by atoms with Crippen LogP contribution in [0, 0.1) is 11.3 Å². The van der Waals surface area contributed by atoms with Crippen molar-refractivity contribution in [2.75, 3.05) is 0 Å². The number of nitrogens with zero attached hydrogens (tertiary/aromatic N) is 1. The summed E-state index contributed by atoms with van der Waals surface area (Å²) in [4.78, 5) is 0. The summed E-state index contributed by atoms with van der Waals surface area (Å²) in [5, 5.41) is 9.40. The smallest absolute Gasteiger partial charge is 0.159 e. The molecule has 100 valence electrons. The SMILES string of the molecule is [B]c1ccc(C2Oc3c(Br)cc(Br)cc3C=C2C#N)cc1. The van der Waals surface area contributed by atoms with Gasteiger partial charge < -0.3 is 4.74 Å². The van der Waals surface area contributed by atoms with E-state index in [4.69, 9.17) is 12.6 Å². The molecule has 2 nitrogen and oxygen atoms in total. The standard InChI is InChI=1S/C16H8BBr2NO/c17-12-3-1-9(2-4-12)15-11(8-20)5-10-6-13(18)7-14(19)16(10)21-15/h1-7,15H. The highest BCUT2D eigenvalue weighted by molar-refractivity contribution is 9.11. The molecule has 0 spiro atoms. The molecule has 2 radical (unpaired) electrons. The van der Waals surface area contributed by atoms with Crippen molar-refractivity contribution in [3.8, 4) is 11.8 Å². The summed E-state index contributed by atoms with van der Waals surface area (Å²) in [6, 6.07) is 13.4. The lowest BCUT2D eigenvalue weighted by molar-refractivity contribution is 0.242. The Hall–Kier alpha value is -1.51. The van der Waals surface area contributed by atoms with E-state index in [1.54, 1.807) is 12.1 Å². The second-order valence-electron chi connectivity index (χ2n) is 4.68. The Bertz CT molecular complexity index is 778. The Morgan fingerprint density at radius 1 is 1.14 bits per heavy atom. The van der Waals surface area contributed by atoms with E-state index in [9.17, 15) is 5.26 Å². The monoisotopic (exact) mass is 399 g/mol. The van der Waals surface area contributed by atoms with Crippen molar-refractivity contribution in [1.29, 1.82) is 5.26 Å². The fourth-order valence-electron chi connectivity index (χ4n) is 2.25. The summed E-state index contributed by atoms with van der Waals surface area (Å²) in [6.45, 7) is 0.